The van der Waals surface area contributed by atoms with Crippen LogP contribution >= 0.6 is 0 Å². The van der Waals surface area contributed by atoms with Crippen LogP contribution in [0.4, 0.5) is 4.39 Å². The fraction of sp³-hybridized carbons (Fsp3) is 0.667. The highest BCUT2D eigenvalue weighted by Gasteiger charge is 2.40. The minimum Gasteiger partial charge on any atom is -0.481 e. The lowest BCUT2D eigenvalue weighted by Gasteiger charge is -2.24. The van der Waals surface area contributed by atoms with E-state index in [1.54, 1.807) is 18.2 Å². The van der Waals surface area contributed by atoms with E-state index in [-0.39, 0.29) is 23.8 Å². The van der Waals surface area contributed by atoms with E-state index in [1.165, 1.54) is 6.07 Å². The van der Waals surface area contributed by atoms with Gasteiger partial charge in [0.05, 0.1) is 18.3 Å². The molecule has 1 aliphatic rings. The Bertz CT molecular complexity index is 594. The van der Waals surface area contributed by atoms with Crippen LogP contribution in [0.1, 0.15) is 69.5 Å². The summed E-state index contributed by atoms with van der Waals surface area (Å²) in [6, 6.07) is 6.15. The van der Waals surface area contributed by atoms with Gasteiger partial charge in [-0.2, -0.15) is 0 Å². The normalized spacial score (nSPS) is 26.2. The van der Waals surface area contributed by atoms with Crippen molar-refractivity contribution in [3.05, 3.63) is 35.6 Å². The Morgan fingerprint density at radius 2 is 1.67 bits per heavy atom. The van der Waals surface area contributed by atoms with Crippen LogP contribution in [-0.4, -0.2) is 38.6 Å². The van der Waals surface area contributed by atoms with E-state index >= 15 is 0 Å². The van der Waals surface area contributed by atoms with Crippen molar-refractivity contribution in [1.82, 2.24) is 0 Å². The number of carbonyl (C=O) groups is 1. The summed E-state index contributed by atoms with van der Waals surface area (Å²) < 4.78 is 13.8. The second-order valence-corrected chi connectivity index (χ2v) is 7.66. The molecule has 0 bridgehead atoms. The Hall–Kier alpha value is -1.50. The maximum absolute atomic E-state index is 13.8. The molecule has 0 saturated heterocycles. The van der Waals surface area contributed by atoms with Crippen LogP contribution in [0, 0.1) is 17.7 Å². The zero-order valence-corrected chi connectivity index (χ0v) is 15.6. The average Bonchev–Trinajstić information content (AvgIpc) is 2.89. The van der Waals surface area contributed by atoms with Crippen LogP contribution in [0.5, 0.6) is 0 Å². The summed E-state index contributed by atoms with van der Waals surface area (Å²) in [6.07, 6.45) is 3.33. The van der Waals surface area contributed by atoms with Crippen molar-refractivity contribution in [3.8, 4) is 0 Å². The molecule has 3 unspecified atom stereocenters. The number of carboxylic acid groups (broad SMARTS) is 1. The number of unbranched alkanes of at least 4 members (excludes halogenated alkanes) is 3. The zero-order chi connectivity index (χ0) is 19.8. The molecule has 1 saturated carbocycles. The highest BCUT2D eigenvalue weighted by molar-refractivity contribution is 5.66. The van der Waals surface area contributed by atoms with Gasteiger partial charge in [-0.25, -0.2) is 4.39 Å². The number of hydrogen-bond donors (Lipinski definition) is 4. The van der Waals surface area contributed by atoms with E-state index in [2.05, 4.69) is 0 Å². The van der Waals surface area contributed by atoms with Gasteiger partial charge in [-0.05, 0) is 50.0 Å². The molecule has 0 aromatic heterocycles. The molecule has 1 aliphatic carbocycles. The summed E-state index contributed by atoms with van der Waals surface area (Å²) in [7, 11) is 0. The van der Waals surface area contributed by atoms with E-state index in [9.17, 15) is 24.5 Å². The lowest BCUT2D eigenvalue weighted by atomic mass is 9.84. The zero-order valence-electron chi connectivity index (χ0n) is 15.6. The van der Waals surface area contributed by atoms with Crippen LogP contribution in [0.2, 0.25) is 0 Å². The SMILES string of the molecule is O=C(O)CCCCCC[C@H]1C(O)C[C@@H](O)C1CCC(O)c1ccccc1F. The minimum atomic E-state index is -0.923. The van der Waals surface area contributed by atoms with E-state index < -0.39 is 30.1 Å². The van der Waals surface area contributed by atoms with Gasteiger partial charge in [-0.1, -0.05) is 37.5 Å². The van der Waals surface area contributed by atoms with E-state index in [0.717, 1.165) is 25.7 Å². The van der Waals surface area contributed by atoms with Crippen LogP contribution in [-0.2, 0) is 4.79 Å². The van der Waals surface area contributed by atoms with E-state index in [4.69, 9.17) is 5.11 Å². The molecule has 1 aromatic carbocycles. The number of halogens is 1. The summed E-state index contributed by atoms with van der Waals surface area (Å²) in [4.78, 5) is 10.5. The summed E-state index contributed by atoms with van der Waals surface area (Å²) in [6.45, 7) is 0. The smallest absolute Gasteiger partial charge is 0.303 e. The van der Waals surface area contributed by atoms with Crippen molar-refractivity contribution in [2.75, 3.05) is 0 Å². The van der Waals surface area contributed by atoms with Crippen molar-refractivity contribution >= 4 is 5.97 Å². The van der Waals surface area contributed by atoms with Gasteiger partial charge in [0.2, 0.25) is 0 Å². The Balaban J connectivity index is 1.80. The molecule has 5 nitrogen and oxygen atoms in total. The van der Waals surface area contributed by atoms with Gasteiger partial charge in [0.1, 0.15) is 5.82 Å². The van der Waals surface area contributed by atoms with Crippen LogP contribution in [0.3, 0.4) is 0 Å². The number of aliphatic hydroxyl groups is 3. The number of aliphatic carboxylic acids is 1. The number of aliphatic hydroxyl groups excluding tert-OH is 3. The Kier molecular flexibility index (Phi) is 8.67. The molecular formula is C21H31FO5. The third kappa shape index (κ3) is 6.55. The monoisotopic (exact) mass is 382 g/mol. The van der Waals surface area contributed by atoms with Gasteiger partial charge in [0.15, 0.2) is 0 Å². The molecule has 0 amide bonds. The molecule has 1 fully saturated rings. The van der Waals surface area contributed by atoms with Crippen molar-refractivity contribution < 1.29 is 29.6 Å². The van der Waals surface area contributed by atoms with Crippen molar-refractivity contribution in [2.45, 2.75) is 76.1 Å². The first-order valence-corrected chi connectivity index (χ1v) is 9.90. The lowest BCUT2D eigenvalue weighted by molar-refractivity contribution is -0.137. The average molecular weight is 382 g/mol. The first kappa shape index (κ1) is 21.8. The molecule has 27 heavy (non-hydrogen) atoms. The molecule has 152 valence electrons. The minimum absolute atomic E-state index is 0.0349. The van der Waals surface area contributed by atoms with Crippen LogP contribution < -0.4 is 0 Å². The summed E-state index contributed by atoms with van der Waals surface area (Å²) in [5.41, 5.74) is 0.264. The molecule has 0 spiro atoms. The number of carboxylic acids is 1. The Labute approximate surface area is 159 Å². The number of rotatable bonds is 11. The Morgan fingerprint density at radius 1 is 1.04 bits per heavy atom. The highest BCUT2D eigenvalue weighted by atomic mass is 19.1. The van der Waals surface area contributed by atoms with Crippen molar-refractivity contribution in [1.29, 1.82) is 0 Å². The van der Waals surface area contributed by atoms with E-state index in [1.807, 2.05) is 0 Å². The topological polar surface area (TPSA) is 98.0 Å². The molecule has 0 aliphatic heterocycles. The molecule has 0 heterocycles. The van der Waals surface area contributed by atoms with Crippen molar-refractivity contribution in [2.24, 2.45) is 11.8 Å². The largest absolute Gasteiger partial charge is 0.481 e. The van der Waals surface area contributed by atoms with Gasteiger partial charge in [0, 0.05) is 12.0 Å². The fourth-order valence-corrected chi connectivity index (χ4v) is 4.24. The third-order valence-electron chi connectivity index (χ3n) is 5.74. The number of benzene rings is 1. The number of hydrogen-bond acceptors (Lipinski definition) is 4. The van der Waals surface area contributed by atoms with Gasteiger partial charge in [-0.15, -0.1) is 0 Å². The van der Waals surface area contributed by atoms with Gasteiger partial charge >= 0.3 is 5.97 Å². The lowest BCUT2D eigenvalue weighted by Crippen LogP contribution is -2.23. The fourth-order valence-electron chi connectivity index (χ4n) is 4.24. The summed E-state index contributed by atoms with van der Waals surface area (Å²) in [5, 5.41) is 39.5. The Morgan fingerprint density at radius 3 is 2.33 bits per heavy atom. The predicted molar refractivity (Wildman–Crippen MR) is 99.5 cm³/mol. The second-order valence-electron chi connectivity index (χ2n) is 7.66. The molecule has 0 radical (unpaired) electrons. The van der Waals surface area contributed by atoms with E-state index in [0.29, 0.717) is 25.7 Å². The molecule has 4 N–H and O–H groups in total. The predicted octanol–water partition coefficient (Wildman–Crippen LogP) is 3.42. The second kappa shape index (κ2) is 10.7. The quantitative estimate of drug-likeness (QED) is 0.440. The maximum atomic E-state index is 13.8. The maximum Gasteiger partial charge on any atom is 0.303 e. The van der Waals surface area contributed by atoms with Gasteiger partial charge in [-0.3, -0.25) is 4.79 Å². The standard InChI is InChI=1S/C21H31FO5/c22-17-9-6-5-8-16(17)18(23)12-11-15-14(19(24)13-20(15)25)7-3-1-2-4-10-21(26)27/h5-6,8-9,14-15,18-20,23-25H,1-4,7,10-13H2,(H,26,27)/t14-,15?,18?,19?,20-/m1/s1. The van der Waals surface area contributed by atoms with Gasteiger partial charge in [0.25, 0.3) is 0 Å². The molecule has 6 heteroatoms. The third-order valence-corrected chi connectivity index (χ3v) is 5.74. The highest BCUT2D eigenvalue weighted by Crippen LogP contribution is 2.40. The molecular weight excluding hydrogens is 351 g/mol. The summed E-state index contributed by atoms with van der Waals surface area (Å²) >= 11 is 0. The first-order valence-electron chi connectivity index (χ1n) is 9.90. The summed E-state index contributed by atoms with van der Waals surface area (Å²) in [5.74, 6) is -1.36. The first-order chi connectivity index (χ1) is 12.9. The molecule has 5 atom stereocenters. The van der Waals surface area contributed by atoms with Gasteiger partial charge < -0.3 is 20.4 Å². The molecule has 1 aromatic rings. The molecule has 2 rings (SSSR count). The van der Waals surface area contributed by atoms with Crippen LogP contribution in [0.15, 0.2) is 24.3 Å². The van der Waals surface area contributed by atoms with Crippen LogP contribution in [0.25, 0.3) is 0 Å². The van der Waals surface area contributed by atoms with Crippen molar-refractivity contribution in [3.63, 3.8) is 0 Å².